The Labute approximate surface area is 158 Å². The van der Waals surface area contributed by atoms with Gasteiger partial charge in [0.15, 0.2) is 0 Å². The van der Waals surface area contributed by atoms with E-state index < -0.39 is 0 Å². The Morgan fingerprint density at radius 1 is 1.11 bits per heavy atom. The highest BCUT2D eigenvalue weighted by atomic mass is 15.1. The minimum atomic E-state index is 0.751. The van der Waals surface area contributed by atoms with Crippen LogP contribution in [0.5, 0.6) is 0 Å². The van der Waals surface area contributed by atoms with Crippen LogP contribution in [-0.4, -0.2) is 40.0 Å². The van der Waals surface area contributed by atoms with Crippen molar-refractivity contribution in [2.24, 2.45) is 0 Å². The van der Waals surface area contributed by atoms with E-state index in [1.165, 1.54) is 27.6 Å². The van der Waals surface area contributed by atoms with E-state index in [0.717, 1.165) is 42.9 Å². The molecule has 5 heteroatoms. The lowest BCUT2D eigenvalue weighted by atomic mass is 10.0. The summed E-state index contributed by atoms with van der Waals surface area (Å²) in [6, 6.07) is 12.6. The molecule has 0 unspecified atom stereocenters. The van der Waals surface area contributed by atoms with Gasteiger partial charge in [0, 0.05) is 48.5 Å². The Bertz CT molecular complexity index is 1130. The fourth-order valence-electron chi connectivity index (χ4n) is 3.85. The summed E-state index contributed by atoms with van der Waals surface area (Å²) < 4.78 is 0. The van der Waals surface area contributed by atoms with Crippen molar-refractivity contribution >= 4 is 33.3 Å². The monoisotopic (exact) mass is 357 g/mol. The van der Waals surface area contributed by atoms with Gasteiger partial charge in [0.05, 0.1) is 11.0 Å². The van der Waals surface area contributed by atoms with Crippen molar-refractivity contribution in [3.8, 4) is 0 Å². The number of fused-ring (bicyclic) bond motifs is 2. The molecule has 3 N–H and O–H groups in total. The van der Waals surface area contributed by atoms with Gasteiger partial charge in [-0.2, -0.15) is 0 Å². The van der Waals surface area contributed by atoms with Gasteiger partial charge < -0.3 is 20.2 Å². The number of hydrogen-bond donors (Lipinski definition) is 3. The van der Waals surface area contributed by atoms with E-state index in [-0.39, 0.29) is 0 Å². The van der Waals surface area contributed by atoms with Crippen LogP contribution in [0.3, 0.4) is 0 Å². The summed E-state index contributed by atoms with van der Waals surface area (Å²) in [6.45, 7) is 2.85. The average molecular weight is 357 g/mol. The van der Waals surface area contributed by atoms with E-state index >= 15 is 0 Å². The van der Waals surface area contributed by atoms with Crippen LogP contribution in [0, 0.1) is 0 Å². The first-order valence-corrected chi connectivity index (χ1v) is 9.43. The summed E-state index contributed by atoms with van der Waals surface area (Å²) in [6.07, 6.45) is 7.47. The van der Waals surface area contributed by atoms with E-state index in [0.29, 0.717) is 0 Å². The number of pyridine rings is 1. The number of hydrogen-bond acceptors (Lipinski definition) is 3. The number of nitrogens with one attached hydrogen (secondary N) is 3. The second-order valence-electron chi connectivity index (χ2n) is 7.25. The molecule has 0 fully saturated rings. The SMILES string of the molecule is CN1CC=C(c2c[nH]c3ccc(NCc4cccc5[nH]ccc45)nc23)CC1. The first-order valence-electron chi connectivity index (χ1n) is 9.43. The van der Waals surface area contributed by atoms with Gasteiger partial charge in [0.25, 0.3) is 0 Å². The van der Waals surface area contributed by atoms with Crippen LogP contribution in [0.2, 0.25) is 0 Å². The maximum atomic E-state index is 4.91. The molecule has 0 bridgehead atoms. The summed E-state index contributed by atoms with van der Waals surface area (Å²) in [7, 11) is 2.16. The van der Waals surface area contributed by atoms with E-state index in [1.54, 1.807) is 0 Å². The molecule has 3 aromatic heterocycles. The van der Waals surface area contributed by atoms with Crippen molar-refractivity contribution < 1.29 is 0 Å². The molecule has 1 aliphatic heterocycles. The zero-order valence-corrected chi connectivity index (χ0v) is 15.4. The average Bonchev–Trinajstić information content (AvgIpc) is 3.34. The predicted molar refractivity (Wildman–Crippen MR) is 112 cm³/mol. The van der Waals surface area contributed by atoms with Crippen molar-refractivity contribution in [2.45, 2.75) is 13.0 Å². The molecule has 0 radical (unpaired) electrons. The standard InChI is InChI=1S/C22H23N5/c1-27-11-8-15(9-12-27)18-14-24-20-5-6-21(26-22(18)20)25-13-16-3-2-4-19-17(16)7-10-23-19/h2-8,10,14,23-24H,9,11-13H2,1H3,(H,25,26). The minimum Gasteiger partial charge on any atom is -0.366 e. The van der Waals surface area contributed by atoms with Crippen LogP contribution in [0.25, 0.3) is 27.5 Å². The van der Waals surface area contributed by atoms with E-state index in [4.69, 9.17) is 4.98 Å². The molecular weight excluding hydrogens is 334 g/mol. The minimum absolute atomic E-state index is 0.751. The highest BCUT2D eigenvalue weighted by Gasteiger charge is 2.14. The second kappa shape index (κ2) is 6.59. The third-order valence-corrected chi connectivity index (χ3v) is 5.43. The topological polar surface area (TPSA) is 59.7 Å². The van der Waals surface area contributed by atoms with Crippen LogP contribution in [0.15, 0.2) is 54.9 Å². The first-order chi connectivity index (χ1) is 13.3. The zero-order valence-electron chi connectivity index (χ0n) is 15.4. The maximum Gasteiger partial charge on any atom is 0.127 e. The molecule has 0 saturated heterocycles. The molecule has 0 spiro atoms. The van der Waals surface area contributed by atoms with Gasteiger partial charge in [-0.15, -0.1) is 0 Å². The molecule has 1 aromatic carbocycles. The smallest absolute Gasteiger partial charge is 0.127 e. The van der Waals surface area contributed by atoms with Crippen LogP contribution < -0.4 is 5.32 Å². The van der Waals surface area contributed by atoms with Crippen LogP contribution >= 0.6 is 0 Å². The molecular formula is C22H23N5. The van der Waals surface area contributed by atoms with Gasteiger partial charge in [0.1, 0.15) is 5.82 Å². The third kappa shape index (κ3) is 3.00. The number of aromatic nitrogens is 3. The number of H-pyrrole nitrogens is 2. The van der Waals surface area contributed by atoms with Crippen LogP contribution in [0.1, 0.15) is 17.5 Å². The lowest BCUT2D eigenvalue weighted by molar-refractivity contribution is 0.370. The van der Waals surface area contributed by atoms with Crippen molar-refractivity contribution in [3.63, 3.8) is 0 Å². The lowest BCUT2D eigenvalue weighted by Crippen LogP contribution is -2.23. The lowest BCUT2D eigenvalue weighted by Gasteiger charge is -2.21. The van der Waals surface area contributed by atoms with Crippen molar-refractivity contribution in [1.82, 2.24) is 19.9 Å². The number of likely N-dealkylation sites (N-methyl/N-ethyl adjacent to an activating group) is 1. The summed E-state index contributed by atoms with van der Waals surface area (Å²) in [5.41, 5.74) is 7.19. The van der Waals surface area contributed by atoms with Crippen molar-refractivity contribution in [3.05, 3.63) is 66.0 Å². The number of benzene rings is 1. The van der Waals surface area contributed by atoms with Gasteiger partial charge in [-0.1, -0.05) is 18.2 Å². The fraction of sp³-hybridized carbons (Fsp3) is 0.227. The molecule has 0 saturated carbocycles. The quantitative estimate of drug-likeness (QED) is 0.508. The maximum absolute atomic E-state index is 4.91. The zero-order chi connectivity index (χ0) is 18.2. The fourth-order valence-corrected chi connectivity index (χ4v) is 3.85. The predicted octanol–water partition coefficient (Wildman–Crippen LogP) is 4.38. The largest absolute Gasteiger partial charge is 0.366 e. The van der Waals surface area contributed by atoms with Gasteiger partial charge in [-0.3, -0.25) is 0 Å². The number of aromatic amines is 2. The van der Waals surface area contributed by atoms with Crippen molar-refractivity contribution in [2.75, 3.05) is 25.5 Å². The van der Waals surface area contributed by atoms with Gasteiger partial charge >= 0.3 is 0 Å². The highest BCUT2D eigenvalue weighted by Crippen LogP contribution is 2.29. The number of nitrogens with zero attached hydrogens (tertiary/aromatic N) is 2. The Kier molecular flexibility index (Phi) is 3.94. The van der Waals surface area contributed by atoms with Crippen molar-refractivity contribution in [1.29, 1.82) is 0 Å². The Balaban J connectivity index is 1.43. The molecule has 136 valence electrons. The molecule has 5 rings (SSSR count). The molecule has 0 aliphatic carbocycles. The molecule has 0 atom stereocenters. The van der Waals surface area contributed by atoms with Gasteiger partial charge in [0.2, 0.25) is 0 Å². The molecule has 4 heterocycles. The number of anilines is 1. The molecule has 4 aromatic rings. The number of rotatable bonds is 4. The molecule has 0 amide bonds. The summed E-state index contributed by atoms with van der Waals surface area (Å²) in [5, 5.41) is 4.75. The Hall–Kier alpha value is -3.05. The second-order valence-corrected chi connectivity index (χ2v) is 7.25. The van der Waals surface area contributed by atoms with E-state index in [1.807, 2.05) is 12.3 Å². The normalized spacial score (nSPS) is 15.4. The third-order valence-electron chi connectivity index (χ3n) is 5.43. The summed E-state index contributed by atoms with van der Waals surface area (Å²) in [5.74, 6) is 0.907. The van der Waals surface area contributed by atoms with E-state index in [9.17, 15) is 0 Å². The highest BCUT2D eigenvalue weighted by molar-refractivity contribution is 5.90. The summed E-state index contributed by atoms with van der Waals surface area (Å²) >= 11 is 0. The van der Waals surface area contributed by atoms with Crippen LogP contribution in [-0.2, 0) is 6.54 Å². The Morgan fingerprint density at radius 2 is 2.07 bits per heavy atom. The molecule has 1 aliphatic rings. The van der Waals surface area contributed by atoms with E-state index in [2.05, 4.69) is 69.8 Å². The van der Waals surface area contributed by atoms with Gasteiger partial charge in [-0.05, 0) is 48.9 Å². The summed E-state index contributed by atoms with van der Waals surface area (Å²) in [4.78, 5) is 13.9. The first kappa shape index (κ1) is 16.1. The Morgan fingerprint density at radius 3 is 2.96 bits per heavy atom. The molecule has 27 heavy (non-hydrogen) atoms. The molecule has 5 nitrogen and oxygen atoms in total. The van der Waals surface area contributed by atoms with Crippen LogP contribution in [0.4, 0.5) is 5.82 Å². The van der Waals surface area contributed by atoms with Gasteiger partial charge in [-0.25, -0.2) is 4.98 Å².